The Hall–Kier alpha value is -2.64. The van der Waals surface area contributed by atoms with E-state index in [0.29, 0.717) is 20.5 Å². The lowest BCUT2D eigenvalue weighted by atomic mass is 10.1. The zero-order valence-electron chi connectivity index (χ0n) is 13.1. The zero-order valence-corrected chi connectivity index (χ0v) is 14.7. The van der Waals surface area contributed by atoms with Crippen molar-refractivity contribution in [1.82, 2.24) is 0 Å². The van der Waals surface area contributed by atoms with Gasteiger partial charge in [0.15, 0.2) is 4.32 Å². The van der Waals surface area contributed by atoms with Crippen LogP contribution < -0.4 is 4.90 Å². The summed E-state index contributed by atoms with van der Waals surface area (Å²) in [5.41, 5.74) is 1.98. The van der Waals surface area contributed by atoms with Gasteiger partial charge in [-0.25, -0.2) is 4.79 Å². The largest absolute Gasteiger partial charge is 0.508 e. The van der Waals surface area contributed by atoms with Gasteiger partial charge in [0, 0.05) is 0 Å². The number of amides is 1. The number of phenols is 1. The van der Waals surface area contributed by atoms with Crippen LogP contribution in [0.5, 0.6) is 5.75 Å². The highest BCUT2D eigenvalue weighted by Gasteiger charge is 2.34. The Bertz CT molecular complexity index is 936. The number of hydrogen-bond acceptors (Lipinski definition) is 5. The van der Waals surface area contributed by atoms with Crippen LogP contribution in [0.1, 0.15) is 21.5 Å². The van der Waals surface area contributed by atoms with Gasteiger partial charge in [0.2, 0.25) is 0 Å². The van der Waals surface area contributed by atoms with E-state index in [1.807, 2.05) is 0 Å². The summed E-state index contributed by atoms with van der Waals surface area (Å²) in [5, 5.41) is 18.7. The Morgan fingerprint density at radius 3 is 2.68 bits per heavy atom. The van der Waals surface area contributed by atoms with Gasteiger partial charge in [-0.15, -0.1) is 0 Å². The standard InChI is InChI=1S/C18H13NO4S2/c1-10-5-6-12(17(22)23)9-14(10)19-16(21)15(25-18(19)24)8-11-3-2-4-13(20)7-11/h2-9,20H,1H3,(H,22,23). The van der Waals surface area contributed by atoms with E-state index in [2.05, 4.69) is 0 Å². The minimum absolute atomic E-state index is 0.0895. The molecule has 2 N–H and O–H groups in total. The molecule has 3 rings (SSSR count). The minimum Gasteiger partial charge on any atom is -0.508 e. The van der Waals surface area contributed by atoms with Crippen molar-refractivity contribution < 1.29 is 19.8 Å². The van der Waals surface area contributed by atoms with Crippen LogP contribution in [0.15, 0.2) is 47.4 Å². The maximum Gasteiger partial charge on any atom is 0.335 e. The summed E-state index contributed by atoms with van der Waals surface area (Å²) in [6, 6.07) is 11.1. The van der Waals surface area contributed by atoms with E-state index in [1.54, 1.807) is 43.3 Å². The fourth-order valence-electron chi connectivity index (χ4n) is 2.42. The summed E-state index contributed by atoms with van der Waals surface area (Å²) in [4.78, 5) is 25.7. The summed E-state index contributed by atoms with van der Waals surface area (Å²) < 4.78 is 0.335. The predicted octanol–water partition coefficient (Wildman–Crippen LogP) is 3.80. The molecule has 25 heavy (non-hydrogen) atoms. The Morgan fingerprint density at radius 1 is 1.24 bits per heavy atom. The van der Waals surface area contributed by atoms with Crippen LogP contribution in [-0.2, 0) is 4.79 Å². The number of aromatic carboxylic acids is 1. The highest BCUT2D eigenvalue weighted by atomic mass is 32.2. The van der Waals surface area contributed by atoms with Crippen LogP contribution >= 0.6 is 24.0 Å². The molecule has 0 bridgehead atoms. The number of benzene rings is 2. The van der Waals surface area contributed by atoms with Crippen molar-refractivity contribution in [1.29, 1.82) is 0 Å². The maximum atomic E-state index is 12.8. The molecule has 0 aromatic heterocycles. The van der Waals surface area contributed by atoms with Crippen LogP contribution in [0.2, 0.25) is 0 Å². The molecule has 0 aliphatic carbocycles. The minimum atomic E-state index is -1.07. The number of thiocarbonyl (C=S) groups is 1. The van der Waals surface area contributed by atoms with Crippen molar-refractivity contribution in [3.63, 3.8) is 0 Å². The number of carbonyl (C=O) groups excluding carboxylic acids is 1. The van der Waals surface area contributed by atoms with Gasteiger partial charge in [-0.05, 0) is 48.4 Å². The molecule has 0 radical (unpaired) electrons. The first kappa shape index (κ1) is 17.2. The molecule has 0 unspecified atom stereocenters. The van der Waals surface area contributed by atoms with Crippen LogP contribution in [0.4, 0.5) is 5.69 Å². The van der Waals surface area contributed by atoms with Crippen LogP contribution in [-0.4, -0.2) is 26.4 Å². The average Bonchev–Trinajstić information content (AvgIpc) is 2.82. The Kier molecular flexibility index (Phi) is 4.61. The number of carboxylic acid groups (broad SMARTS) is 1. The second kappa shape index (κ2) is 6.70. The van der Waals surface area contributed by atoms with Gasteiger partial charge in [-0.2, -0.15) is 0 Å². The van der Waals surface area contributed by atoms with Gasteiger partial charge in [0.25, 0.3) is 5.91 Å². The molecule has 1 amide bonds. The summed E-state index contributed by atoms with van der Waals surface area (Å²) in [6.45, 7) is 1.79. The smallest absolute Gasteiger partial charge is 0.335 e. The summed E-state index contributed by atoms with van der Waals surface area (Å²) >= 11 is 6.46. The van der Waals surface area contributed by atoms with Crippen LogP contribution in [0.25, 0.3) is 6.08 Å². The molecule has 7 heteroatoms. The third-order valence-corrected chi connectivity index (χ3v) is 4.96. The molecule has 2 aromatic rings. The molecule has 2 aromatic carbocycles. The van der Waals surface area contributed by atoms with E-state index in [4.69, 9.17) is 12.2 Å². The number of carboxylic acids is 1. The fraction of sp³-hybridized carbons (Fsp3) is 0.0556. The topological polar surface area (TPSA) is 77.8 Å². The monoisotopic (exact) mass is 371 g/mol. The van der Waals surface area contributed by atoms with Crippen molar-refractivity contribution in [3.8, 4) is 5.75 Å². The highest BCUT2D eigenvalue weighted by molar-refractivity contribution is 8.27. The molecule has 1 fully saturated rings. The lowest BCUT2D eigenvalue weighted by Crippen LogP contribution is -2.28. The summed E-state index contributed by atoms with van der Waals surface area (Å²) in [5.74, 6) is -1.28. The zero-order chi connectivity index (χ0) is 18.1. The van der Waals surface area contributed by atoms with Crippen molar-refractivity contribution in [2.24, 2.45) is 0 Å². The van der Waals surface area contributed by atoms with Gasteiger partial charge in [-0.3, -0.25) is 9.69 Å². The molecule has 0 saturated carbocycles. The third-order valence-electron chi connectivity index (χ3n) is 3.66. The normalized spacial score (nSPS) is 15.9. The number of thioether (sulfide) groups is 1. The Balaban J connectivity index is 2.00. The molecule has 1 aliphatic rings. The average molecular weight is 371 g/mol. The highest BCUT2D eigenvalue weighted by Crippen LogP contribution is 2.37. The van der Waals surface area contributed by atoms with Gasteiger partial charge in [0.1, 0.15) is 5.75 Å². The number of carbonyl (C=O) groups is 2. The lowest BCUT2D eigenvalue weighted by molar-refractivity contribution is -0.113. The molecule has 0 spiro atoms. The first-order valence-electron chi connectivity index (χ1n) is 7.28. The molecular formula is C18H13NO4S2. The lowest BCUT2D eigenvalue weighted by Gasteiger charge is -2.17. The van der Waals surface area contributed by atoms with Crippen LogP contribution in [0.3, 0.4) is 0 Å². The molecule has 1 aliphatic heterocycles. The van der Waals surface area contributed by atoms with E-state index < -0.39 is 5.97 Å². The SMILES string of the molecule is Cc1ccc(C(=O)O)cc1N1C(=O)C(=Cc2cccc(O)c2)SC1=S. The summed E-state index contributed by atoms with van der Waals surface area (Å²) in [6.07, 6.45) is 1.65. The van der Waals surface area contributed by atoms with E-state index in [-0.39, 0.29) is 17.2 Å². The first-order valence-corrected chi connectivity index (χ1v) is 8.50. The first-order chi connectivity index (χ1) is 11.9. The van der Waals surface area contributed by atoms with Gasteiger partial charge < -0.3 is 10.2 Å². The molecule has 0 atom stereocenters. The van der Waals surface area contributed by atoms with E-state index in [9.17, 15) is 19.8 Å². The van der Waals surface area contributed by atoms with Gasteiger partial charge in [0.05, 0.1) is 16.2 Å². The third kappa shape index (κ3) is 3.42. The Morgan fingerprint density at radius 2 is 2.00 bits per heavy atom. The second-order valence-electron chi connectivity index (χ2n) is 5.42. The van der Waals surface area contributed by atoms with E-state index >= 15 is 0 Å². The number of aryl methyl sites for hydroxylation is 1. The molecule has 5 nitrogen and oxygen atoms in total. The number of nitrogens with zero attached hydrogens (tertiary/aromatic N) is 1. The van der Waals surface area contributed by atoms with E-state index in [0.717, 1.165) is 17.3 Å². The van der Waals surface area contributed by atoms with Gasteiger partial charge in [-0.1, -0.05) is 42.2 Å². The molecule has 1 heterocycles. The van der Waals surface area contributed by atoms with Gasteiger partial charge >= 0.3 is 5.97 Å². The van der Waals surface area contributed by atoms with Crippen molar-refractivity contribution in [3.05, 3.63) is 64.1 Å². The summed E-state index contributed by atoms with van der Waals surface area (Å²) in [7, 11) is 0. The quantitative estimate of drug-likeness (QED) is 0.631. The maximum absolute atomic E-state index is 12.8. The Labute approximate surface area is 153 Å². The number of phenolic OH excluding ortho intramolecular Hbond substituents is 1. The number of aromatic hydroxyl groups is 1. The predicted molar refractivity (Wildman–Crippen MR) is 102 cm³/mol. The molecule has 126 valence electrons. The van der Waals surface area contributed by atoms with Crippen LogP contribution in [0, 0.1) is 6.92 Å². The van der Waals surface area contributed by atoms with Crippen molar-refractivity contribution in [2.75, 3.05) is 4.90 Å². The van der Waals surface area contributed by atoms with E-state index in [1.165, 1.54) is 17.0 Å². The fourth-order valence-corrected chi connectivity index (χ4v) is 3.71. The number of rotatable bonds is 3. The van der Waals surface area contributed by atoms with Crippen molar-refractivity contribution in [2.45, 2.75) is 6.92 Å². The number of hydrogen-bond donors (Lipinski definition) is 2. The molecular weight excluding hydrogens is 358 g/mol. The number of anilines is 1. The molecule has 1 saturated heterocycles. The second-order valence-corrected chi connectivity index (χ2v) is 7.09. The van der Waals surface area contributed by atoms with Crippen molar-refractivity contribution >= 4 is 51.9 Å².